The minimum absolute atomic E-state index is 0.0294. The number of carbonyl (C=O) groups is 1. The van der Waals surface area contributed by atoms with Gasteiger partial charge in [0, 0.05) is 12.1 Å². The van der Waals surface area contributed by atoms with Crippen LogP contribution in [0.4, 0.5) is 0 Å². The van der Waals surface area contributed by atoms with Crippen LogP contribution in [0.1, 0.15) is 33.5 Å². The van der Waals surface area contributed by atoms with Gasteiger partial charge in [-0.2, -0.15) is 0 Å². The van der Waals surface area contributed by atoms with E-state index in [1.807, 2.05) is 30.3 Å². The van der Waals surface area contributed by atoms with Crippen molar-refractivity contribution in [3.8, 4) is 0 Å². The van der Waals surface area contributed by atoms with E-state index in [1.54, 1.807) is 0 Å². The third-order valence-corrected chi connectivity index (χ3v) is 4.56. The van der Waals surface area contributed by atoms with Crippen LogP contribution in [0, 0.1) is 0 Å². The first kappa shape index (κ1) is 17.9. The molecule has 0 aliphatic carbocycles. The molecule has 0 aromatic heterocycles. The van der Waals surface area contributed by atoms with Crippen molar-refractivity contribution < 1.29 is 4.79 Å². The second kappa shape index (κ2) is 9.57. The molecule has 0 aliphatic heterocycles. The van der Waals surface area contributed by atoms with Crippen molar-refractivity contribution in [2.24, 2.45) is 0 Å². The number of benzene rings is 3. The van der Waals surface area contributed by atoms with Gasteiger partial charge in [-0.3, -0.25) is 4.79 Å². The summed E-state index contributed by atoms with van der Waals surface area (Å²) in [6, 6.07) is 28.7. The van der Waals surface area contributed by atoms with E-state index in [0.717, 1.165) is 36.8 Å². The zero-order valence-corrected chi connectivity index (χ0v) is 15.0. The molecule has 3 aromatic rings. The summed E-state index contributed by atoms with van der Waals surface area (Å²) >= 11 is 0. The second-order valence-corrected chi connectivity index (χ2v) is 6.49. The number of rotatable bonds is 8. The summed E-state index contributed by atoms with van der Waals surface area (Å²) in [5, 5.41) is 3.07. The Hall–Kier alpha value is -2.87. The van der Waals surface area contributed by atoms with Crippen LogP contribution >= 0.6 is 0 Å². The van der Waals surface area contributed by atoms with Crippen molar-refractivity contribution in [3.05, 3.63) is 107 Å². The molecule has 0 saturated carbocycles. The topological polar surface area (TPSA) is 29.1 Å². The molecule has 0 atom stereocenters. The maximum atomic E-state index is 12.6. The first-order valence-corrected chi connectivity index (χ1v) is 9.27. The number of nitrogens with one attached hydrogen (secondary N) is 1. The zero-order chi connectivity index (χ0) is 18.0. The van der Waals surface area contributed by atoms with Crippen LogP contribution in [0.15, 0.2) is 84.9 Å². The Morgan fingerprint density at radius 2 is 1.23 bits per heavy atom. The van der Waals surface area contributed by atoms with Crippen LogP contribution in [0.2, 0.25) is 0 Å². The van der Waals surface area contributed by atoms with Crippen LogP contribution in [0.3, 0.4) is 0 Å². The van der Waals surface area contributed by atoms with Crippen LogP contribution in [0.25, 0.3) is 0 Å². The SMILES string of the molecule is O=C(NCCCc1ccccc1)c1ccccc1CCc1ccccc1. The molecule has 26 heavy (non-hydrogen) atoms. The van der Waals surface area contributed by atoms with E-state index < -0.39 is 0 Å². The van der Waals surface area contributed by atoms with Gasteiger partial charge in [-0.25, -0.2) is 0 Å². The van der Waals surface area contributed by atoms with Gasteiger partial charge in [0.05, 0.1) is 0 Å². The molecule has 1 N–H and O–H groups in total. The van der Waals surface area contributed by atoms with Crippen LogP contribution < -0.4 is 5.32 Å². The third-order valence-electron chi connectivity index (χ3n) is 4.56. The average molecular weight is 343 g/mol. The molecule has 0 aliphatic rings. The number of amides is 1. The van der Waals surface area contributed by atoms with Gasteiger partial charge in [0.25, 0.3) is 5.91 Å². The fourth-order valence-electron chi connectivity index (χ4n) is 3.12. The smallest absolute Gasteiger partial charge is 0.251 e. The number of hydrogen-bond acceptors (Lipinski definition) is 1. The summed E-state index contributed by atoms with van der Waals surface area (Å²) in [6.07, 6.45) is 3.75. The molecule has 0 bridgehead atoms. The number of hydrogen-bond donors (Lipinski definition) is 1. The molecule has 132 valence electrons. The molecule has 3 rings (SSSR count). The Labute approximate surface area is 155 Å². The van der Waals surface area contributed by atoms with E-state index in [-0.39, 0.29) is 5.91 Å². The van der Waals surface area contributed by atoms with E-state index in [2.05, 4.69) is 59.9 Å². The van der Waals surface area contributed by atoms with E-state index in [0.29, 0.717) is 6.54 Å². The van der Waals surface area contributed by atoms with Gasteiger partial charge in [0.1, 0.15) is 0 Å². The molecule has 2 nitrogen and oxygen atoms in total. The van der Waals surface area contributed by atoms with E-state index in [4.69, 9.17) is 0 Å². The lowest BCUT2D eigenvalue weighted by atomic mass is 9.99. The van der Waals surface area contributed by atoms with Gasteiger partial charge in [0.2, 0.25) is 0 Å². The molecule has 0 radical (unpaired) electrons. The minimum Gasteiger partial charge on any atom is -0.352 e. The Kier molecular flexibility index (Phi) is 6.60. The summed E-state index contributed by atoms with van der Waals surface area (Å²) in [5.41, 5.74) is 4.51. The first-order valence-electron chi connectivity index (χ1n) is 9.27. The summed E-state index contributed by atoms with van der Waals surface area (Å²) in [7, 11) is 0. The van der Waals surface area contributed by atoms with Gasteiger partial charge >= 0.3 is 0 Å². The number of aryl methyl sites for hydroxylation is 3. The maximum Gasteiger partial charge on any atom is 0.251 e. The van der Waals surface area contributed by atoms with Crippen LogP contribution in [-0.4, -0.2) is 12.5 Å². The molecule has 0 unspecified atom stereocenters. The second-order valence-electron chi connectivity index (χ2n) is 6.49. The summed E-state index contributed by atoms with van der Waals surface area (Å²) in [6.45, 7) is 0.695. The van der Waals surface area contributed by atoms with Crippen LogP contribution in [-0.2, 0) is 19.3 Å². The Balaban J connectivity index is 1.52. The van der Waals surface area contributed by atoms with Crippen LogP contribution in [0.5, 0.6) is 0 Å². The predicted molar refractivity (Wildman–Crippen MR) is 107 cm³/mol. The fraction of sp³-hybridized carbons (Fsp3) is 0.208. The molecule has 3 aromatic carbocycles. The highest BCUT2D eigenvalue weighted by Crippen LogP contribution is 2.13. The highest BCUT2D eigenvalue weighted by molar-refractivity contribution is 5.95. The maximum absolute atomic E-state index is 12.6. The molecule has 0 saturated heterocycles. The summed E-state index contributed by atoms with van der Waals surface area (Å²) in [5.74, 6) is 0.0294. The molecule has 0 spiro atoms. The van der Waals surface area contributed by atoms with Gasteiger partial charge in [-0.1, -0.05) is 78.9 Å². The predicted octanol–water partition coefficient (Wildman–Crippen LogP) is 4.83. The number of carbonyl (C=O) groups excluding carboxylic acids is 1. The molecule has 0 heterocycles. The standard InChI is InChI=1S/C24H25NO/c26-24(25-19-9-14-20-10-3-1-4-11-20)23-16-8-7-15-22(23)18-17-21-12-5-2-6-13-21/h1-8,10-13,15-16H,9,14,17-19H2,(H,25,26). The van der Waals surface area contributed by atoms with E-state index >= 15 is 0 Å². The fourth-order valence-corrected chi connectivity index (χ4v) is 3.12. The van der Waals surface area contributed by atoms with Crippen molar-refractivity contribution in [1.82, 2.24) is 5.32 Å². The lowest BCUT2D eigenvalue weighted by molar-refractivity contribution is 0.0952. The average Bonchev–Trinajstić information content (AvgIpc) is 2.71. The Morgan fingerprint density at radius 1 is 0.654 bits per heavy atom. The minimum atomic E-state index is 0.0294. The van der Waals surface area contributed by atoms with Crippen molar-refractivity contribution in [2.45, 2.75) is 25.7 Å². The lowest BCUT2D eigenvalue weighted by Gasteiger charge is -2.10. The normalized spacial score (nSPS) is 10.5. The molecular formula is C24H25NO. The van der Waals surface area contributed by atoms with Crippen molar-refractivity contribution in [2.75, 3.05) is 6.54 Å². The van der Waals surface area contributed by atoms with Crippen molar-refractivity contribution >= 4 is 5.91 Å². The molecule has 2 heteroatoms. The first-order chi connectivity index (χ1) is 12.8. The van der Waals surface area contributed by atoms with Crippen molar-refractivity contribution in [1.29, 1.82) is 0 Å². The molecule has 1 amide bonds. The summed E-state index contributed by atoms with van der Waals surface area (Å²) < 4.78 is 0. The van der Waals surface area contributed by atoms with E-state index in [9.17, 15) is 4.79 Å². The highest BCUT2D eigenvalue weighted by atomic mass is 16.1. The largest absolute Gasteiger partial charge is 0.352 e. The highest BCUT2D eigenvalue weighted by Gasteiger charge is 2.10. The quantitative estimate of drug-likeness (QED) is 0.583. The van der Waals surface area contributed by atoms with Gasteiger partial charge in [0.15, 0.2) is 0 Å². The van der Waals surface area contributed by atoms with Gasteiger partial charge in [-0.05, 0) is 48.4 Å². The van der Waals surface area contributed by atoms with Gasteiger partial charge in [-0.15, -0.1) is 0 Å². The monoisotopic (exact) mass is 343 g/mol. The Morgan fingerprint density at radius 3 is 1.92 bits per heavy atom. The zero-order valence-electron chi connectivity index (χ0n) is 15.0. The van der Waals surface area contributed by atoms with Gasteiger partial charge < -0.3 is 5.32 Å². The third kappa shape index (κ3) is 5.32. The lowest BCUT2D eigenvalue weighted by Crippen LogP contribution is -2.26. The van der Waals surface area contributed by atoms with Crippen molar-refractivity contribution in [3.63, 3.8) is 0 Å². The van der Waals surface area contributed by atoms with E-state index in [1.165, 1.54) is 11.1 Å². The molecule has 0 fully saturated rings. The molecular weight excluding hydrogens is 318 g/mol. The Bertz CT molecular complexity index is 812. The summed E-state index contributed by atoms with van der Waals surface area (Å²) in [4.78, 5) is 12.6.